The average molecular weight is 337 g/mol. The molecule has 3 rings (SSSR count). The highest BCUT2D eigenvalue weighted by Gasteiger charge is 2.51. The Balaban J connectivity index is 1.91. The van der Waals surface area contributed by atoms with Crippen LogP contribution in [-0.2, 0) is 15.0 Å². The Bertz CT molecular complexity index is 640. The number of carbonyl (C=O) groups excluding carboxylic acids is 1. The van der Waals surface area contributed by atoms with Crippen LogP contribution in [0.3, 0.4) is 0 Å². The number of carboxylic acids is 1. The molecule has 6 heteroatoms. The number of likely N-dealkylation sites (tertiary alicyclic amines) is 1. The number of nitrogens with zero attached hydrogens (tertiary/aromatic N) is 1. The first-order chi connectivity index (χ1) is 11.4. The molecule has 130 valence electrons. The molecule has 1 saturated carbocycles. The normalized spacial score (nSPS) is 26.3. The number of rotatable bonds is 3. The summed E-state index contributed by atoms with van der Waals surface area (Å²) in [7, 11) is 0. The van der Waals surface area contributed by atoms with Crippen LogP contribution in [0.25, 0.3) is 0 Å². The maximum atomic E-state index is 14.3. The summed E-state index contributed by atoms with van der Waals surface area (Å²) in [5.74, 6) is -2.11. The third kappa shape index (κ3) is 2.78. The van der Waals surface area contributed by atoms with E-state index in [1.54, 1.807) is 12.1 Å². The van der Waals surface area contributed by atoms with Crippen molar-refractivity contribution >= 4 is 11.9 Å². The van der Waals surface area contributed by atoms with E-state index in [4.69, 9.17) is 5.11 Å². The minimum Gasteiger partial charge on any atom is -0.479 e. The van der Waals surface area contributed by atoms with Crippen LogP contribution in [0.5, 0.6) is 0 Å². The Labute approximate surface area is 139 Å². The number of halogens is 2. The Morgan fingerprint density at radius 1 is 1.04 bits per heavy atom. The predicted octanol–water partition coefficient (Wildman–Crippen LogP) is 3.05. The lowest BCUT2D eigenvalue weighted by Crippen LogP contribution is -2.49. The van der Waals surface area contributed by atoms with Crippen LogP contribution in [-0.4, -0.2) is 40.6 Å². The molecule has 1 N–H and O–H groups in total. The van der Waals surface area contributed by atoms with Crippen LogP contribution in [0.1, 0.15) is 44.1 Å². The fourth-order valence-corrected chi connectivity index (χ4v) is 3.97. The van der Waals surface area contributed by atoms with Crippen molar-refractivity contribution in [2.24, 2.45) is 0 Å². The van der Waals surface area contributed by atoms with Gasteiger partial charge in [0.05, 0.1) is 12.0 Å². The summed E-state index contributed by atoms with van der Waals surface area (Å²) < 4.78 is 27.6. The van der Waals surface area contributed by atoms with Crippen molar-refractivity contribution in [1.82, 2.24) is 4.90 Å². The third-order valence-corrected chi connectivity index (χ3v) is 5.40. The molecule has 0 bridgehead atoms. The van der Waals surface area contributed by atoms with Crippen molar-refractivity contribution in [3.8, 4) is 0 Å². The Morgan fingerprint density at radius 3 is 2.21 bits per heavy atom. The number of amides is 1. The van der Waals surface area contributed by atoms with Crippen LogP contribution in [0, 0.1) is 5.82 Å². The molecule has 1 saturated heterocycles. The number of aliphatic carboxylic acids is 1. The van der Waals surface area contributed by atoms with E-state index in [0.717, 1.165) is 24.8 Å². The molecule has 2 fully saturated rings. The molecule has 1 amide bonds. The summed E-state index contributed by atoms with van der Waals surface area (Å²) in [5, 5.41) is 9.04. The molecule has 1 heterocycles. The first-order valence-electron chi connectivity index (χ1n) is 8.35. The maximum absolute atomic E-state index is 14.3. The highest BCUT2D eigenvalue weighted by atomic mass is 19.1. The summed E-state index contributed by atoms with van der Waals surface area (Å²) in [6, 6.07) is 5.91. The van der Waals surface area contributed by atoms with E-state index < -0.39 is 23.6 Å². The predicted molar refractivity (Wildman–Crippen MR) is 83.8 cm³/mol. The molecule has 1 aliphatic heterocycles. The second-order valence-corrected chi connectivity index (χ2v) is 6.90. The largest absolute Gasteiger partial charge is 0.479 e. The molecule has 1 aromatic carbocycles. The summed E-state index contributed by atoms with van der Waals surface area (Å²) in [6.45, 7) is -0.311. The van der Waals surface area contributed by atoms with Gasteiger partial charge in [-0.3, -0.25) is 4.79 Å². The molecular weight excluding hydrogens is 316 g/mol. The lowest BCUT2D eigenvalue weighted by atomic mass is 9.68. The first kappa shape index (κ1) is 16.9. The highest BCUT2D eigenvalue weighted by molar-refractivity contribution is 5.90. The number of hydrogen-bond acceptors (Lipinski definition) is 2. The minimum atomic E-state index is -2.37. The molecule has 1 unspecified atom stereocenters. The minimum absolute atomic E-state index is 0.102. The molecule has 4 nitrogen and oxygen atoms in total. The van der Waals surface area contributed by atoms with Crippen LogP contribution in [0.15, 0.2) is 24.3 Å². The standard InChI is InChI=1S/C18H21F2NO3/c19-14-6-4-13(5-7-14)17(8-2-1-3-9-17)15(22)21-11-10-18(20,12-21)16(23)24/h4-7H,1-3,8-12H2,(H,23,24). The van der Waals surface area contributed by atoms with Crippen LogP contribution in [0.4, 0.5) is 8.78 Å². The van der Waals surface area contributed by atoms with Crippen molar-refractivity contribution in [2.45, 2.75) is 49.6 Å². The van der Waals surface area contributed by atoms with E-state index >= 15 is 0 Å². The maximum Gasteiger partial charge on any atom is 0.343 e. The van der Waals surface area contributed by atoms with Gasteiger partial charge in [-0.25, -0.2) is 13.6 Å². The van der Waals surface area contributed by atoms with E-state index in [0.29, 0.717) is 12.8 Å². The fraction of sp³-hybridized carbons (Fsp3) is 0.556. The van der Waals surface area contributed by atoms with E-state index in [2.05, 4.69) is 0 Å². The van der Waals surface area contributed by atoms with E-state index in [1.807, 2.05) is 0 Å². The number of benzene rings is 1. The molecule has 2 aliphatic rings. The quantitative estimate of drug-likeness (QED) is 0.922. The van der Waals surface area contributed by atoms with Gasteiger partial charge in [0.15, 0.2) is 0 Å². The van der Waals surface area contributed by atoms with Gasteiger partial charge in [0.2, 0.25) is 11.6 Å². The van der Waals surface area contributed by atoms with Crippen molar-refractivity contribution < 1.29 is 23.5 Å². The fourth-order valence-electron chi connectivity index (χ4n) is 3.97. The molecule has 1 atom stereocenters. The molecule has 1 aromatic rings. The number of carbonyl (C=O) groups is 2. The van der Waals surface area contributed by atoms with Gasteiger partial charge >= 0.3 is 5.97 Å². The van der Waals surface area contributed by atoms with Crippen LogP contribution >= 0.6 is 0 Å². The molecule has 1 aliphatic carbocycles. The summed E-state index contributed by atoms with van der Waals surface area (Å²) >= 11 is 0. The van der Waals surface area contributed by atoms with Gasteiger partial charge in [0.1, 0.15) is 5.82 Å². The Kier molecular flexibility index (Phi) is 4.32. The van der Waals surface area contributed by atoms with Gasteiger partial charge in [0.25, 0.3) is 0 Å². The van der Waals surface area contributed by atoms with Gasteiger partial charge in [0, 0.05) is 13.0 Å². The van der Waals surface area contributed by atoms with E-state index in [1.165, 1.54) is 17.0 Å². The van der Waals surface area contributed by atoms with Crippen molar-refractivity contribution in [3.63, 3.8) is 0 Å². The van der Waals surface area contributed by atoms with E-state index in [9.17, 15) is 18.4 Å². The topological polar surface area (TPSA) is 57.6 Å². The van der Waals surface area contributed by atoms with Gasteiger partial charge in [-0.15, -0.1) is 0 Å². The highest BCUT2D eigenvalue weighted by Crippen LogP contribution is 2.42. The molecule has 24 heavy (non-hydrogen) atoms. The zero-order valence-corrected chi connectivity index (χ0v) is 13.4. The van der Waals surface area contributed by atoms with E-state index in [-0.39, 0.29) is 24.7 Å². The van der Waals surface area contributed by atoms with Crippen molar-refractivity contribution in [2.75, 3.05) is 13.1 Å². The Morgan fingerprint density at radius 2 is 1.67 bits per heavy atom. The van der Waals surface area contributed by atoms with Gasteiger partial charge < -0.3 is 10.0 Å². The lowest BCUT2D eigenvalue weighted by Gasteiger charge is -2.39. The van der Waals surface area contributed by atoms with Crippen LogP contribution in [0.2, 0.25) is 0 Å². The zero-order valence-electron chi connectivity index (χ0n) is 13.4. The molecule has 0 spiro atoms. The van der Waals surface area contributed by atoms with Gasteiger partial charge in [-0.2, -0.15) is 0 Å². The number of alkyl halides is 1. The summed E-state index contributed by atoms with van der Waals surface area (Å²) in [6.07, 6.45) is 3.83. The van der Waals surface area contributed by atoms with Gasteiger partial charge in [-0.05, 0) is 30.5 Å². The molecule has 0 radical (unpaired) electrons. The van der Waals surface area contributed by atoms with Crippen LogP contribution < -0.4 is 0 Å². The smallest absolute Gasteiger partial charge is 0.343 e. The third-order valence-electron chi connectivity index (χ3n) is 5.40. The number of hydrogen-bond donors (Lipinski definition) is 1. The summed E-state index contributed by atoms with van der Waals surface area (Å²) in [5.41, 5.74) is -2.43. The van der Waals surface area contributed by atoms with Crippen molar-refractivity contribution in [3.05, 3.63) is 35.6 Å². The number of carboxylic acid groups (broad SMARTS) is 1. The average Bonchev–Trinajstić information content (AvgIpc) is 2.99. The van der Waals surface area contributed by atoms with Gasteiger partial charge in [-0.1, -0.05) is 31.4 Å². The monoisotopic (exact) mass is 337 g/mol. The Hall–Kier alpha value is -1.98. The molecule has 0 aromatic heterocycles. The first-order valence-corrected chi connectivity index (χ1v) is 8.35. The van der Waals surface area contributed by atoms with Crippen molar-refractivity contribution in [1.29, 1.82) is 0 Å². The second-order valence-electron chi connectivity index (χ2n) is 6.90. The second kappa shape index (κ2) is 6.15. The SMILES string of the molecule is O=C(O)C1(F)CCN(C(=O)C2(c3ccc(F)cc3)CCCCC2)C1. The summed E-state index contributed by atoms with van der Waals surface area (Å²) in [4.78, 5) is 25.6. The molecular formula is C18H21F2NO3. The zero-order chi connectivity index (χ0) is 17.4. The lowest BCUT2D eigenvalue weighted by molar-refractivity contribution is -0.150.